The third-order valence-corrected chi connectivity index (χ3v) is 7.13. The second-order valence-electron chi connectivity index (χ2n) is 7.54. The molecule has 3 aromatic carbocycles. The van der Waals surface area contributed by atoms with Crippen LogP contribution in [0.3, 0.4) is 0 Å². The van der Waals surface area contributed by atoms with Crippen LogP contribution < -0.4 is 9.47 Å². The number of halogens is 3. The summed E-state index contributed by atoms with van der Waals surface area (Å²) in [4.78, 5) is 26.9. The fourth-order valence-corrected chi connectivity index (χ4v) is 5.26. The Balaban J connectivity index is 1.56. The Morgan fingerprint density at radius 2 is 1.86 bits per heavy atom. The van der Waals surface area contributed by atoms with Crippen molar-refractivity contribution in [2.45, 2.75) is 20.1 Å². The molecule has 0 radical (unpaired) electrons. The standard InChI is InChI=1S/C26H20ClFINO4S/c1-2-33-22-11-17(10-21(29)24(22)34-15-16-6-4-3-5-7-16)12-23-25(31)30(26(32)35-23)14-18-8-9-19(28)13-20(18)27/h3-13H,2,14-15H2,1H3/b23-12-. The van der Waals surface area contributed by atoms with Crippen LogP contribution in [-0.4, -0.2) is 22.7 Å². The van der Waals surface area contributed by atoms with Crippen LogP contribution in [0.5, 0.6) is 11.5 Å². The van der Waals surface area contributed by atoms with Gasteiger partial charge in [-0.05, 0) is 88.3 Å². The summed E-state index contributed by atoms with van der Waals surface area (Å²) in [7, 11) is 0. The van der Waals surface area contributed by atoms with Crippen LogP contribution >= 0.6 is 46.0 Å². The monoisotopic (exact) mass is 623 g/mol. The van der Waals surface area contributed by atoms with E-state index in [0.717, 1.165) is 31.9 Å². The lowest BCUT2D eigenvalue weighted by molar-refractivity contribution is -0.123. The molecule has 2 amide bonds. The highest BCUT2D eigenvalue weighted by atomic mass is 127. The van der Waals surface area contributed by atoms with Crippen LogP contribution in [0.2, 0.25) is 5.02 Å². The normalized spacial score (nSPS) is 14.6. The van der Waals surface area contributed by atoms with E-state index in [-0.39, 0.29) is 16.5 Å². The van der Waals surface area contributed by atoms with Crippen molar-refractivity contribution >= 4 is 63.2 Å². The minimum absolute atomic E-state index is 0.0326. The van der Waals surface area contributed by atoms with E-state index >= 15 is 0 Å². The van der Waals surface area contributed by atoms with E-state index in [0.29, 0.717) is 35.8 Å². The second kappa shape index (κ2) is 11.5. The molecule has 0 aromatic heterocycles. The van der Waals surface area contributed by atoms with Gasteiger partial charge in [-0.3, -0.25) is 14.5 Å². The summed E-state index contributed by atoms with van der Waals surface area (Å²) >= 11 is 9.09. The number of hydrogen-bond acceptors (Lipinski definition) is 5. The largest absolute Gasteiger partial charge is 0.490 e. The predicted octanol–water partition coefficient (Wildman–Crippen LogP) is 7.30. The zero-order valence-corrected chi connectivity index (χ0v) is 22.3. The summed E-state index contributed by atoms with van der Waals surface area (Å²) in [5, 5.41) is -0.251. The van der Waals surface area contributed by atoms with E-state index in [1.165, 1.54) is 12.1 Å². The fourth-order valence-electron chi connectivity index (χ4n) is 3.41. The molecule has 1 fully saturated rings. The van der Waals surface area contributed by atoms with Crippen LogP contribution in [0.4, 0.5) is 9.18 Å². The first kappa shape index (κ1) is 25.5. The van der Waals surface area contributed by atoms with Crippen molar-refractivity contribution in [2.24, 2.45) is 0 Å². The van der Waals surface area contributed by atoms with Crippen LogP contribution in [0.15, 0.2) is 65.6 Å². The number of ether oxygens (including phenoxy) is 2. The maximum Gasteiger partial charge on any atom is 0.293 e. The molecule has 35 heavy (non-hydrogen) atoms. The molecule has 1 heterocycles. The van der Waals surface area contributed by atoms with Crippen molar-refractivity contribution in [2.75, 3.05) is 6.61 Å². The van der Waals surface area contributed by atoms with Crippen molar-refractivity contribution in [3.8, 4) is 11.5 Å². The van der Waals surface area contributed by atoms with Crippen LogP contribution in [0.1, 0.15) is 23.6 Å². The van der Waals surface area contributed by atoms with E-state index in [1.54, 1.807) is 12.1 Å². The molecule has 0 bridgehead atoms. The minimum atomic E-state index is -0.483. The average molecular weight is 624 g/mol. The van der Waals surface area contributed by atoms with Gasteiger partial charge >= 0.3 is 0 Å². The van der Waals surface area contributed by atoms with Crippen molar-refractivity contribution < 1.29 is 23.5 Å². The van der Waals surface area contributed by atoms with E-state index in [1.807, 2.05) is 43.3 Å². The molecule has 5 nitrogen and oxygen atoms in total. The Labute approximate surface area is 225 Å². The molecular formula is C26H20ClFINO4S. The van der Waals surface area contributed by atoms with Crippen molar-refractivity contribution in [3.05, 3.63) is 96.7 Å². The topological polar surface area (TPSA) is 55.8 Å². The SMILES string of the molecule is CCOc1cc(/C=C2\SC(=O)N(Cc3ccc(F)cc3Cl)C2=O)cc(I)c1OCc1ccccc1. The van der Waals surface area contributed by atoms with Gasteiger partial charge < -0.3 is 9.47 Å². The predicted molar refractivity (Wildman–Crippen MR) is 144 cm³/mol. The Hall–Kier alpha value is -2.56. The lowest BCUT2D eigenvalue weighted by Gasteiger charge is -2.15. The molecule has 0 N–H and O–H groups in total. The zero-order valence-electron chi connectivity index (χ0n) is 18.6. The molecule has 1 aliphatic heterocycles. The lowest BCUT2D eigenvalue weighted by Crippen LogP contribution is -2.27. The molecule has 0 aliphatic carbocycles. The first-order valence-corrected chi connectivity index (χ1v) is 13.0. The Morgan fingerprint density at radius 1 is 1.09 bits per heavy atom. The highest BCUT2D eigenvalue weighted by molar-refractivity contribution is 14.1. The first-order chi connectivity index (χ1) is 16.9. The number of benzene rings is 3. The van der Waals surface area contributed by atoms with E-state index < -0.39 is 17.0 Å². The highest BCUT2D eigenvalue weighted by Crippen LogP contribution is 2.38. The third kappa shape index (κ3) is 6.17. The highest BCUT2D eigenvalue weighted by Gasteiger charge is 2.35. The number of imide groups is 1. The summed E-state index contributed by atoms with van der Waals surface area (Å²) in [6, 6.07) is 17.3. The zero-order chi connectivity index (χ0) is 24.9. The molecule has 1 saturated heterocycles. The van der Waals surface area contributed by atoms with Crippen LogP contribution in [0.25, 0.3) is 6.08 Å². The molecular weight excluding hydrogens is 604 g/mol. The molecule has 0 spiro atoms. The van der Waals surface area contributed by atoms with Gasteiger partial charge in [0.05, 0.1) is 21.6 Å². The maximum absolute atomic E-state index is 13.3. The molecule has 180 valence electrons. The summed E-state index contributed by atoms with van der Waals surface area (Å²) < 4.78 is 26.0. The van der Waals surface area contributed by atoms with Gasteiger partial charge in [0.25, 0.3) is 11.1 Å². The summed E-state index contributed by atoms with van der Waals surface area (Å²) in [5.41, 5.74) is 2.23. The van der Waals surface area contributed by atoms with E-state index in [9.17, 15) is 14.0 Å². The average Bonchev–Trinajstić information content (AvgIpc) is 3.08. The molecule has 4 rings (SSSR count). The smallest absolute Gasteiger partial charge is 0.293 e. The van der Waals surface area contributed by atoms with Crippen LogP contribution in [-0.2, 0) is 17.9 Å². The fraction of sp³-hybridized carbons (Fsp3) is 0.154. The number of carbonyl (C=O) groups excluding carboxylic acids is 2. The van der Waals surface area contributed by atoms with Gasteiger partial charge in [0, 0.05) is 5.02 Å². The quantitative estimate of drug-likeness (QED) is 0.195. The molecule has 0 unspecified atom stereocenters. The number of amides is 2. The van der Waals surface area contributed by atoms with E-state index in [4.69, 9.17) is 21.1 Å². The second-order valence-corrected chi connectivity index (χ2v) is 10.1. The van der Waals surface area contributed by atoms with E-state index in [2.05, 4.69) is 22.6 Å². The van der Waals surface area contributed by atoms with Gasteiger partial charge in [0.2, 0.25) is 0 Å². The molecule has 0 saturated carbocycles. The summed E-state index contributed by atoms with van der Waals surface area (Å²) in [5.74, 6) is 0.257. The number of carbonyl (C=O) groups is 2. The number of rotatable bonds is 8. The maximum atomic E-state index is 13.3. The number of thioether (sulfide) groups is 1. The van der Waals surface area contributed by atoms with Crippen molar-refractivity contribution in [1.29, 1.82) is 0 Å². The van der Waals surface area contributed by atoms with Gasteiger partial charge in [-0.2, -0.15) is 0 Å². The van der Waals surface area contributed by atoms with Gasteiger partial charge in [0.15, 0.2) is 11.5 Å². The van der Waals surface area contributed by atoms with Gasteiger partial charge in [0.1, 0.15) is 12.4 Å². The Morgan fingerprint density at radius 3 is 2.57 bits per heavy atom. The van der Waals surface area contributed by atoms with Gasteiger partial charge in [-0.1, -0.05) is 48.0 Å². The number of hydrogen-bond donors (Lipinski definition) is 0. The van der Waals surface area contributed by atoms with Crippen LogP contribution in [0, 0.1) is 9.39 Å². The summed E-state index contributed by atoms with van der Waals surface area (Å²) in [6.07, 6.45) is 1.66. The molecule has 3 aromatic rings. The number of nitrogens with zero attached hydrogens (tertiary/aromatic N) is 1. The summed E-state index contributed by atoms with van der Waals surface area (Å²) in [6.45, 7) is 2.68. The van der Waals surface area contributed by atoms with Crippen molar-refractivity contribution in [3.63, 3.8) is 0 Å². The molecule has 9 heteroatoms. The lowest BCUT2D eigenvalue weighted by atomic mass is 10.1. The Kier molecular flexibility index (Phi) is 8.35. The third-order valence-electron chi connectivity index (χ3n) is 5.07. The Bertz CT molecular complexity index is 1300. The first-order valence-electron chi connectivity index (χ1n) is 10.7. The van der Waals surface area contributed by atoms with Gasteiger partial charge in [-0.15, -0.1) is 0 Å². The molecule has 1 aliphatic rings. The van der Waals surface area contributed by atoms with Crippen molar-refractivity contribution in [1.82, 2.24) is 4.90 Å². The minimum Gasteiger partial charge on any atom is -0.490 e. The molecule has 0 atom stereocenters. The van der Waals surface area contributed by atoms with Gasteiger partial charge in [-0.25, -0.2) is 4.39 Å².